The Morgan fingerprint density at radius 2 is 1.73 bits per heavy atom. The van der Waals surface area contributed by atoms with Crippen molar-refractivity contribution < 1.29 is 28.6 Å². The number of aromatic hydroxyl groups is 1. The van der Waals surface area contributed by atoms with Gasteiger partial charge in [0.1, 0.15) is 23.2 Å². The molecule has 3 aromatic heterocycles. The van der Waals surface area contributed by atoms with Crippen LogP contribution in [-0.4, -0.2) is 117 Å². The van der Waals surface area contributed by atoms with Crippen molar-refractivity contribution >= 4 is 46.1 Å². The van der Waals surface area contributed by atoms with Crippen LogP contribution in [0, 0.1) is 0 Å². The number of likely N-dealkylation sites (tertiary alicyclic amines) is 2. The van der Waals surface area contributed by atoms with Crippen molar-refractivity contribution in [3.63, 3.8) is 0 Å². The number of carbonyl (C=O) groups is 3. The second kappa shape index (κ2) is 16.5. The summed E-state index contributed by atoms with van der Waals surface area (Å²) < 4.78 is 25.1. The van der Waals surface area contributed by atoms with Gasteiger partial charge in [-0.3, -0.25) is 19.8 Å². The number of morpholine rings is 1. The molecular weight excluding hydrogens is 804 g/mol. The summed E-state index contributed by atoms with van der Waals surface area (Å²) in [7, 11) is 0. The molecule has 4 aliphatic heterocycles. The second-order valence-electron chi connectivity index (χ2n) is 18.0. The third-order valence-corrected chi connectivity index (χ3v) is 13.6. The number of nitrogens with zero attached hydrogens (tertiary/aromatic N) is 8. The van der Waals surface area contributed by atoms with E-state index in [-0.39, 0.29) is 48.1 Å². The number of nitrogens with two attached hydrogens (primary N) is 1. The van der Waals surface area contributed by atoms with Gasteiger partial charge in [-0.15, -0.1) is 10.2 Å². The number of phenolic OH excluding ortho intramolecular Hbond substituents is 1. The molecule has 0 unspecified atom stereocenters. The molecule has 16 heteroatoms. The second-order valence-corrected chi connectivity index (χ2v) is 18.0. The van der Waals surface area contributed by atoms with Crippen molar-refractivity contribution in [1.82, 2.24) is 34.9 Å². The number of ether oxygens (including phenoxy) is 1. The number of benzene rings is 2. The van der Waals surface area contributed by atoms with Crippen LogP contribution < -0.4 is 20.9 Å². The number of halogens is 1. The van der Waals surface area contributed by atoms with Gasteiger partial charge >= 0.3 is 6.03 Å². The molecule has 2 atom stereocenters. The molecule has 328 valence electrons. The molecule has 4 amide bonds. The first-order valence-corrected chi connectivity index (χ1v) is 22.2. The fourth-order valence-electron chi connectivity index (χ4n) is 9.95. The Bertz CT molecular complexity index is 2550. The Kier molecular flexibility index (Phi) is 10.7. The number of phenols is 1. The Morgan fingerprint density at radius 3 is 2.46 bits per heavy atom. The minimum absolute atomic E-state index is 0.101. The number of alkyl halides is 1. The van der Waals surface area contributed by atoms with Gasteiger partial charge in [-0.05, 0) is 86.1 Å². The molecule has 1 aliphatic carbocycles. The van der Waals surface area contributed by atoms with Gasteiger partial charge in [-0.1, -0.05) is 24.3 Å². The number of urea groups is 1. The van der Waals surface area contributed by atoms with E-state index in [0.29, 0.717) is 86.2 Å². The maximum absolute atomic E-state index is 16.5. The van der Waals surface area contributed by atoms with Gasteiger partial charge in [-0.2, -0.15) is 0 Å². The number of imide groups is 1. The number of nitrogen functional groups attached to an aromatic ring is 1. The van der Waals surface area contributed by atoms with Crippen LogP contribution in [0.25, 0.3) is 22.3 Å². The number of hydrogen-bond donors (Lipinski definition) is 3. The number of aromatic nitrogens is 4. The molecule has 15 nitrogen and oxygen atoms in total. The van der Waals surface area contributed by atoms with Crippen molar-refractivity contribution in [2.45, 2.75) is 81.7 Å². The number of para-hydroxylation sites is 1. The smallest absolute Gasteiger partial charge is 0.328 e. The highest BCUT2D eigenvalue weighted by Crippen LogP contribution is 2.46. The highest BCUT2D eigenvalue weighted by Gasteiger charge is 2.39. The zero-order valence-corrected chi connectivity index (χ0v) is 35.5. The van der Waals surface area contributed by atoms with E-state index in [4.69, 9.17) is 15.5 Å². The third-order valence-electron chi connectivity index (χ3n) is 13.6. The minimum atomic E-state index is -1.37. The van der Waals surface area contributed by atoms with Gasteiger partial charge in [0, 0.05) is 100 Å². The predicted molar refractivity (Wildman–Crippen MR) is 236 cm³/mol. The van der Waals surface area contributed by atoms with Crippen LogP contribution >= 0.6 is 0 Å². The summed E-state index contributed by atoms with van der Waals surface area (Å²) in [6, 6.07) is 18.2. The van der Waals surface area contributed by atoms with Crippen LogP contribution in [0.1, 0.15) is 91.4 Å². The lowest BCUT2D eigenvalue weighted by Crippen LogP contribution is -2.51. The number of anilines is 3. The van der Waals surface area contributed by atoms with Gasteiger partial charge in [0.15, 0.2) is 5.82 Å². The van der Waals surface area contributed by atoms with Crippen molar-refractivity contribution in [3.05, 3.63) is 89.7 Å². The topological polar surface area (TPSA) is 175 Å². The van der Waals surface area contributed by atoms with E-state index in [1.165, 1.54) is 5.56 Å². The van der Waals surface area contributed by atoms with Gasteiger partial charge in [0.25, 0.3) is 5.91 Å². The Labute approximate surface area is 365 Å². The number of hydrogen-bond acceptors (Lipinski definition) is 11. The highest BCUT2D eigenvalue weighted by atomic mass is 19.1. The molecule has 63 heavy (non-hydrogen) atoms. The summed E-state index contributed by atoms with van der Waals surface area (Å²) in [6.45, 7) is 6.06. The molecule has 0 bridgehead atoms. The van der Waals surface area contributed by atoms with E-state index >= 15 is 4.39 Å². The predicted octanol–water partition coefficient (Wildman–Crippen LogP) is 6.35. The van der Waals surface area contributed by atoms with Gasteiger partial charge in [-0.25, -0.2) is 14.2 Å². The molecule has 5 fully saturated rings. The lowest BCUT2D eigenvalue weighted by Gasteiger charge is -2.41. The third kappa shape index (κ3) is 8.29. The molecule has 5 aliphatic rings. The monoisotopic (exact) mass is 856 g/mol. The lowest BCUT2D eigenvalue weighted by atomic mass is 9.91. The van der Waals surface area contributed by atoms with Crippen molar-refractivity contribution in [3.8, 4) is 17.0 Å². The largest absolute Gasteiger partial charge is 0.507 e. The number of rotatable bonds is 9. The number of fused-ring (bicyclic) bond motifs is 1. The molecule has 5 aromatic rings. The summed E-state index contributed by atoms with van der Waals surface area (Å²) in [5.41, 5.74) is 11.1. The number of piperidine rings is 2. The quantitative estimate of drug-likeness (QED) is 0.151. The Hall–Kier alpha value is -6.13. The van der Waals surface area contributed by atoms with Crippen LogP contribution in [0.4, 0.5) is 26.4 Å². The molecule has 4 saturated heterocycles. The van der Waals surface area contributed by atoms with Crippen molar-refractivity contribution in [2.75, 3.05) is 67.9 Å². The number of nitrogens with one attached hydrogen (secondary N) is 1. The summed E-state index contributed by atoms with van der Waals surface area (Å²) >= 11 is 0. The molecule has 2 aromatic carbocycles. The van der Waals surface area contributed by atoms with Gasteiger partial charge < -0.3 is 34.8 Å². The van der Waals surface area contributed by atoms with E-state index in [9.17, 15) is 19.5 Å². The highest BCUT2D eigenvalue weighted by molar-refractivity contribution is 6.06. The summed E-state index contributed by atoms with van der Waals surface area (Å²) in [5.74, 6) is 0.529. The first-order valence-electron chi connectivity index (χ1n) is 22.2. The van der Waals surface area contributed by atoms with E-state index in [0.717, 1.165) is 55.4 Å². The van der Waals surface area contributed by atoms with Crippen LogP contribution in [0.3, 0.4) is 0 Å². The van der Waals surface area contributed by atoms with E-state index in [1.54, 1.807) is 34.2 Å². The van der Waals surface area contributed by atoms with Gasteiger partial charge in [0.2, 0.25) is 5.91 Å². The summed E-state index contributed by atoms with van der Waals surface area (Å²) in [6.07, 6.45) is 8.45. The average Bonchev–Trinajstić information content (AvgIpc) is 4.06. The lowest BCUT2D eigenvalue weighted by molar-refractivity contribution is -0.120. The van der Waals surface area contributed by atoms with Crippen molar-refractivity contribution in [1.29, 1.82) is 0 Å². The molecule has 0 spiro atoms. The van der Waals surface area contributed by atoms with Crippen LogP contribution in [0.15, 0.2) is 73.1 Å². The average molecular weight is 857 g/mol. The molecule has 1 saturated carbocycles. The normalized spacial score (nSPS) is 22.4. The molecule has 0 radical (unpaired) electrons. The van der Waals surface area contributed by atoms with E-state index < -0.39 is 11.7 Å². The molecule has 10 rings (SSSR count). The van der Waals surface area contributed by atoms with E-state index in [1.807, 2.05) is 49.4 Å². The van der Waals surface area contributed by atoms with Crippen LogP contribution in [-0.2, 0) is 9.53 Å². The Morgan fingerprint density at radius 1 is 0.968 bits per heavy atom. The fraction of sp³-hybridized carbons (Fsp3) is 0.447. The van der Waals surface area contributed by atoms with Crippen molar-refractivity contribution in [2.24, 2.45) is 0 Å². The zero-order valence-electron chi connectivity index (χ0n) is 35.5. The zero-order chi connectivity index (χ0) is 43.4. The molecular formula is C47H53FN10O5. The van der Waals surface area contributed by atoms with Gasteiger partial charge in [0.05, 0.1) is 29.4 Å². The number of carbonyl (C=O) groups excluding carboxylic acids is 3. The van der Waals surface area contributed by atoms with E-state index in [2.05, 4.69) is 36.1 Å². The fourth-order valence-corrected chi connectivity index (χ4v) is 9.95. The molecule has 4 N–H and O–H groups in total. The standard InChI is InChI=1S/C47H53FN10O5/c1-29-25-56(39-23-38(52-53-43(39)49)35-4-2-3-5-40(35)59)27-41(63-29)31-8-10-32(11-9-31)45(61)55-20-15-47(48,16-21-55)28-54-17-12-33(13-18-54)58-26-37(30-6-7-30)36-22-34(24-50-44(36)58)57-19-14-42(60)51-46(57)62/h2-5,8-11,22-24,26,29-30,33,41,59H,6-7,12-21,25,27-28H2,1H3,(H2,49,53)(H,51,60,62)/t29-,41+/m1/s1. The SMILES string of the molecule is C[C@@H]1CN(c2cc(-c3ccccc3O)nnc2N)C[C@@H](c2ccc(C(=O)N3CCC(F)(CN4CCC(n5cc(C6CC6)c6cc(N7CCC(=O)NC7=O)cnc65)CC4)CC3)cc2)O1. The first kappa shape index (κ1) is 40.9. The number of amides is 4. The molecule has 7 heterocycles. The summed E-state index contributed by atoms with van der Waals surface area (Å²) in [5, 5.41) is 22.3. The van der Waals surface area contributed by atoms with Crippen LogP contribution in [0.5, 0.6) is 5.75 Å². The van der Waals surface area contributed by atoms with Crippen LogP contribution in [0.2, 0.25) is 0 Å². The minimum Gasteiger partial charge on any atom is -0.507 e. The maximum Gasteiger partial charge on any atom is 0.328 e. The summed E-state index contributed by atoms with van der Waals surface area (Å²) in [4.78, 5) is 50.6. The maximum atomic E-state index is 16.5. The number of pyridine rings is 1. The first-order chi connectivity index (χ1) is 30.5. The Balaban J connectivity index is 0.733.